The van der Waals surface area contributed by atoms with Crippen LogP contribution in [0.1, 0.15) is 63.7 Å². The number of hydrogen-bond acceptors (Lipinski definition) is 6. The van der Waals surface area contributed by atoms with Crippen molar-refractivity contribution in [2.24, 2.45) is 11.8 Å². The van der Waals surface area contributed by atoms with Crippen molar-refractivity contribution in [1.29, 1.82) is 0 Å². The van der Waals surface area contributed by atoms with Gasteiger partial charge in [0, 0.05) is 29.9 Å². The number of nitrogens with zero attached hydrogens (tertiary/aromatic N) is 5. The van der Waals surface area contributed by atoms with Crippen LogP contribution in [0.4, 0.5) is 5.82 Å². The lowest BCUT2D eigenvalue weighted by Crippen LogP contribution is -2.43. The van der Waals surface area contributed by atoms with Gasteiger partial charge in [-0.25, -0.2) is 19.4 Å². The van der Waals surface area contributed by atoms with Crippen molar-refractivity contribution in [3.8, 4) is 17.1 Å². The molecule has 0 aliphatic heterocycles. The average Bonchev–Trinajstić information content (AvgIpc) is 3.54. The summed E-state index contributed by atoms with van der Waals surface area (Å²) in [5, 5.41) is 5.29. The summed E-state index contributed by atoms with van der Waals surface area (Å²) in [5.41, 5.74) is 3.20. The van der Waals surface area contributed by atoms with Gasteiger partial charge in [-0.3, -0.25) is 9.69 Å². The van der Waals surface area contributed by atoms with Gasteiger partial charge < -0.3 is 9.72 Å². The molecule has 5 rings (SSSR count). The van der Waals surface area contributed by atoms with Gasteiger partial charge in [-0.2, -0.15) is 0 Å². The number of carbonyl (C=O) groups excluding carboxylic acids is 2. The highest BCUT2D eigenvalue weighted by Crippen LogP contribution is 2.33. The number of hydrogen-bond donors (Lipinski definition) is 1. The Bertz CT molecular complexity index is 1480. The molecule has 1 N–H and O–H groups in total. The summed E-state index contributed by atoms with van der Waals surface area (Å²) in [4.78, 5) is 40.4. The van der Waals surface area contributed by atoms with Crippen LogP contribution >= 0.6 is 11.6 Å². The molecule has 3 aromatic heterocycles. The van der Waals surface area contributed by atoms with E-state index in [2.05, 4.69) is 21.9 Å². The zero-order valence-electron chi connectivity index (χ0n) is 22.6. The monoisotopic (exact) mass is 548 g/mol. The van der Waals surface area contributed by atoms with E-state index in [1.807, 2.05) is 38.1 Å². The SMILES string of the molecule is CCOC(=O)c1cn(-c2ccc(-c3nc4ncc(Cl)cc4[nH]3)cc2)nc1N(C(=O)C1CCC(C)CC1)C(C)C. The van der Waals surface area contributed by atoms with Gasteiger partial charge in [-0.15, -0.1) is 5.10 Å². The smallest absolute Gasteiger partial charge is 0.343 e. The summed E-state index contributed by atoms with van der Waals surface area (Å²) in [7, 11) is 0. The number of carbonyl (C=O) groups is 2. The zero-order chi connectivity index (χ0) is 27.7. The molecule has 204 valence electrons. The molecular weight excluding hydrogens is 516 g/mol. The number of nitrogens with one attached hydrogen (secondary N) is 1. The molecule has 3 heterocycles. The van der Waals surface area contributed by atoms with Crippen LogP contribution in [0.3, 0.4) is 0 Å². The quantitative estimate of drug-likeness (QED) is 0.275. The van der Waals surface area contributed by atoms with E-state index in [1.54, 1.807) is 35.0 Å². The summed E-state index contributed by atoms with van der Waals surface area (Å²) < 4.78 is 6.97. The molecule has 1 fully saturated rings. The molecule has 0 bridgehead atoms. The molecule has 9 nitrogen and oxygen atoms in total. The lowest BCUT2D eigenvalue weighted by molar-refractivity contribution is -0.124. The van der Waals surface area contributed by atoms with Gasteiger partial charge in [0.1, 0.15) is 11.4 Å². The van der Waals surface area contributed by atoms with E-state index >= 15 is 0 Å². The molecule has 1 saturated carbocycles. The van der Waals surface area contributed by atoms with Crippen LogP contribution in [0.2, 0.25) is 5.02 Å². The second-order valence-corrected chi connectivity index (χ2v) is 10.9. The van der Waals surface area contributed by atoms with Crippen LogP contribution in [-0.2, 0) is 9.53 Å². The Morgan fingerprint density at radius 2 is 1.90 bits per heavy atom. The maximum Gasteiger partial charge on any atom is 0.343 e. The topological polar surface area (TPSA) is 106 Å². The third kappa shape index (κ3) is 5.54. The van der Waals surface area contributed by atoms with Crippen molar-refractivity contribution >= 4 is 40.5 Å². The Morgan fingerprint density at radius 3 is 2.56 bits per heavy atom. The van der Waals surface area contributed by atoms with Crippen LogP contribution in [0.5, 0.6) is 0 Å². The molecule has 0 radical (unpaired) electrons. The molecule has 0 unspecified atom stereocenters. The number of rotatable bonds is 7. The van der Waals surface area contributed by atoms with Gasteiger partial charge in [-0.05, 0) is 82.7 Å². The molecule has 4 aromatic rings. The Balaban J connectivity index is 1.48. The largest absolute Gasteiger partial charge is 0.462 e. The third-order valence-electron chi connectivity index (χ3n) is 7.25. The molecular formula is C29H33ClN6O3. The Kier molecular flexibility index (Phi) is 7.70. The molecule has 39 heavy (non-hydrogen) atoms. The highest BCUT2D eigenvalue weighted by molar-refractivity contribution is 6.31. The van der Waals surface area contributed by atoms with E-state index in [0.717, 1.165) is 42.5 Å². The van der Waals surface area contributed by atoms with Crippen molar-refractivity contribution in [2.45, 2.75) is 59.4 Å². The number of H-pyrrole nitrogens is 1. The molecule has 0 spiro atoms. The van der Waals surface area contributed by atoms with Gasteiger partial charge in [0.25, 0.3) is 0 Å². The fourth-order valence-corrected chi connectivity index (χ4v) is 5.28. The normalized spacial score (nSPS) is 17.5. The highest BCUT2D eigenvalue weighted by atomic mass is 35.5. The van der Waals surface area contributed by atoms with E-state index in [1.165, 1.54) is 0 Å². The number of anilines is 1. The molecule has 1 aromatic carbocycles. The maximum atomic E-state index is 13.7. The number of esters is 1. The Hall–Kier alpha value is -3.72. The number of fused-ring (bicyclic) bond motifs is 1. The lowest BCUT2D eigenvalue weighted by atomic mass is 9.82. The second-order valence-electron chi connectivity index (χ2n) is 10.4. The second kappa shape index (κ2) is 11.2. The molecule has 1 amide bonds. The third-order valence-corrected chi connectivity index (χ3v) is 7.45. The Morgan fingerprint density at radius 1 is 1.18 bits per heavy atom. The van der Waals surface area contributed by atoms with Gasteiger partial charge in [0.2, 0.25) is 5.91 Å². The number of aromatic amines is 1. The highest BCUT2D eigenvalue weighted by Gasteiger charge is 2.34. The minimum absolute atomic E-state index is 0.0154. The number of halogens is 1. The number of aromatic nitrogens is 5. The summed E-state index contributed by atoms with van der Waals surface area (Å²) in [6.07, 6.45) is 6.97. The number of benzene rings is 1. The van der Waals surface area contributed by atoms with Crippen LogP contribution in [0.15, 0.2) is 42.7 Å². The minimum atomic E-state index is -0.500. The standard InChI is InChI=1S/C29H33ClN6O3/c1-5-39-29(38)23-16-35(34-27(23)36(17(2)3)28(37)20-8-6-18(4)7-9-20)22-12-10-19(11-13-22)25-32-24-14-21(30)15-31-26(24)33-25/h10-18,20H,5-9H2,1-4H3,(H,31,32,33). The first-order valence-electron chi connectivity index (χ1n) is 13.5. The summed E-state index contributed by atoms with van der Waals surface area (Å²) >= 11 is 6.05. The van der Waals surface area contributed by atoms with Crippen molar-refractivity contribution in [3.63, 3.8) is 0 Å². The van der Waals surface area contributed by atoms with Crippen LogP contribution in [0, 0.1) is 11.8 Å². The fraction of sp³-hybridized carbons (Fsp3) is 0.414. The van der Waals surface area contributed by atoms with Gasteiger partial charge in [-0.1, -0.05) is 18.5 Å². The average molecular weight is 549 g/mol. The van der Waals surface area contributed by atoms with E-state index in [9.17, 15) is 9.59 Å². The molecule has 0 saturated heterocycles. The number of amides is 1. The predicted octanol–water partition coefficient (Wildman–Crippen LogP) is 6.21. The van der Waals surface area contributed by atoms with Gasteiger partial charge in [0.15, 0.2) is 11.5 Å². The van der Waals surface area contributed by atoms with Crippen LogP contribution < -0.4 is 4.90 Å². The maximum absolute atomic E-state index is 13.7. The lowest BCUT2D eigenvalue weighted by Gasteiger charge is -2.32. The van der Waals surface area contributed by atoms with Crippen molar-refractivity contribution in [3.05, 3.63) is 53.3 Å². The predicted molar refractivity (Wildman–Crippen MR) is 151 cm³/mol. The fourth-order valence-electron chi connectivity index (χ4n) is 5.12. The zero-order valence-corrected chi connectivity index (χ0v) is 23.4. The van der Waals surface area contributed by atoms with E-state index in [4.69, 9.17) is 21.4 Å². The molecule has 10 heteroatoms. The summed E-state index contributed by atoms with van der Waals surface area (Å²) in [6, 6.07) is 9.21. The first kappa shape index (κ1) is 26.9. The van der Waals surface area contributed by atoms with Crippen molar-refractivity contribution < 1.29 is 14.3 Å². The number of pyridine rings is 1. The first-order chi connectivity index (χ1) is 18.7. The van der Waals surface area contributed by atoms with E-state index < -0.39 is 5.97 Å². The van der Waals surface area contributed by atoms with E-state index in [0.29, 0.717) is 28.2 Å². The number of ether oxygens (including phenoxy) is 1. The van der Waals surface area contributed by atoms with Gasteiger partial charge >= 0.3 is 5.97 Å². The van der Waals surface area contributed by atoms with Crippen molar-refractivity contribution in [2.75, 3.05) is 11.5 Å². The summed E-state index contributed by atoms with van der Waals surface area (Å²) in [5.74, 6) is 1.07. The molecule has 1 aliphatic carbocycles. The van der Waals surface area contributed by atoms with E-state index in [-0.39, 0.29) is 30.0 Å². The van der Waals surface area contributed by atoms with Crippen LogP contribution in [-0.4, -0.2) is 49.3 Å². The Labute approximate surface area is 232 Å². The van der Waals surface area contributed by atoms with Crippen LogP contribution in [0.25, 0.3) is 28.2 Å². The first-order valence-corrected chi connectivity index (χ1v) is 13.8. The number of imidazole rings is 1. The van der Waals surface area contributed by atoms with Gasteiger partial charge in [0.05, 0.1) is 22.8 Å². The summed E-state index contributed by atoms with van der Waals surface area (Å²) in [6.45, 7) is 8.11. The molecule has 1 aliphatic rings. The molecule has 0 atom stereocenters. The van der Waals surface area contributed by atoms with Crippen molar-refractivity contribution in [1.82, 2.24) is 24.7 Å². The minimum Gasteiger partial charge on any atom is -0.462 e.